The largest absolute Gasteiger partial charge is 0.494 e. The van der Waals surface area contributed by atoms with Gasteiger partial charge in [-0.3, -0.25) is 9.59 Å². The summed E-state index contributed by atoms with van der Waals surface area (Å²) in [6, 6.07) is 7.03. The number of benzene rings is 1. The first kappa shape index (κ1) is 20.9. The molecule has 0 saturated carbocycles. The van der Waals surface area contributed by atoms with Crippen molar-refractivity contribution in [2.45, 2.75) is 33.2 Å². The Morgan fingerprint density at radius 2 is 1.96 bits per heavy atom. The number of nitrogens with two attached hydrogens (primary N) is 1. The third kappa shape index (κ3) is 6.33. The highest BCUT2D eigenvalue weighted by molar-refractivity contribution is 7.14. The lowest BCUT2D eigenvalue weighted by atomic mass is 10.1. The molecule has 0 aliphatic carbocycles. The Kier molecular flexibility index (Phi) is 7.75. The standard InChI is InChI=1S/C19H26N4O3S/c1-4-9-26-14-7-5-13(6-8-14)15-11-27-19(22-15)23-16(24)10-21-18(25)17(20)12(2)3/h5-8,11-12,17H,4,9-10,20H2,1-3H3,(H,21,25)(H,22,23,24)/t17-/m0/s1. The molecule has 27 heavy (non-hydrogen) atoms. The molecule has 0 radical (unpaired) electrons. The van der Waals surface area contributed by atoms with Crippen LogP contribution < -0.4 is 21.1 Å². The lowest BCUT2D eigenvalue weighted by Crippen LogP contribution is -2.46. The van der Waals surface area contributed by atoms with Gasteiger partial charge in [0.25, 0.3) is 0 Å². The molecule has 0 saturated heterocycles. The summed E-state index contributed by atoms with van der Waals surface area (Å²) in [6.07, 6.45) is 0.959. The number of ether oxygens (including phenoxy) is 1. The van der Waals surface area contributed by atoms with Gasteiger partial charge in [-0.05, 0) is 36.6 Å². The highest BCUT2D eigenvalue weighted by Crippen LogP contribution is 2.26. The fraction of sp³-hybridized carbons (Fsp3) is 0.421. The van der Waals surface area contributed by atoms with Crippen molar-refractivity contribution in [3.05, 3.63) is 29.6 Å². The molecule has 7 nitrogen and oxygen atoms in total. The van der Waals surface area contributed by atoms with Gasteiger partial charge in [0.2, 0.25) is 11.8 Å². The number of amides is 2. The lowest BCUT2D eigenvalue weighted by Gasteiger charge is -2.14. The number of nitrogens with zero attached hydrogens (tertiary/aromatic N) is 1. The molecule has 0 spiro atoms. The van der Waals surface area contributed by atoms with Crippen LogP contribution in [0, 0.1) is 5.92 Å². The summed E-state index contributed by atoms with van der Waals surface area (Å²) in [7, 11) is 0. The predicted octanol–water partition coefficient (Wildman–Crippen LogP) is 2.64. The molecule has 0 bridgehead atoms. The number of thiazole rings is 1. The summed E-state index contributed by atoms with van der Waals surface area (Å²) >= 11 is 1.32. The molecule has 1 aromatic carbocycles. The third-order valence-electron chi connectivity index (χ3n) is 3.82. The van der Waals surface area contributed by atoms with Crippen LogP contribution >= 0.6 is 11.3 Å². The van der Waals surface area contributed by atoms with Gasteiger partial charge in [-0.15, -0.1) is 11.3 Å². The number of aromatic nitrogens is 1. The maximum atomic E-state index is 12.0. The first-order chi connectivity index (χ1) is 12.9. The maximum absolute atomic E-state index is 12.0. The molecular weight excluding hydrogens is 364 g/mol. The summed E-state index contributed by atoms with van der Waals surface area (Å²) in [6.45, 7) is 6.31. The lowest BCUT2D eigenvalue weighted by molar-refractivity contribution is -0.125. The molecule has 0 aliphatic rings. The van der Waals surface area contributed by atoms with Gasteiger partial charge < -0.3 is 21.1 Å². The van der Waals surface area contributed by atoms with Crippen LogP contribution in [0.3, 0.4) is 0 Å². The van der Waals surface area contributed by atoms with Gasteiger partial charge >= 0.3 is 0 Å². The summed E-state index contributed by atoms with van der Waals surface area (Å²) in [5, 5.41) is 7.56. The maximum Gasteiger partial charge on any atom is 0.245 e. The topological polar surface area (TPSA) is 106 Å². The molecule has 0 unspecified atom stereocenters. The third-order valence-corrected chi connectivity index (χ3v) is 4.58. The summed E-state index contributed by atoms with van der Waals surface area (Å²) < 4.78 is 5.56. The van der Waals surface area contributed by atoms with E-state index in [1.165, 1.54) is 11.3 Å². The van der Waals surface area contributed by atoms with Gasteiger partial charge in [0.15, 0.2) is 5.13 Å². The second-order valence-corrected chi connectivity index (χ2v) is 7.30. The monoisotopic (exact) mass is 390 g/mol. The zero-order valence-electron chi connectivity index (χ0n) is 15.8. The molecule has 2 aromatic rings. The van der Waals surface area contributed by atoms with Crippen LogP contribution in [0.1, 0.15) is 27.2 Å². The minimum Gasteiger partial charge on any atom is -0.494 e. The SMILES string of the molecule is CCCOc1ccc(-c2csc(NC(=O)CNC(=O)[C@@H](N)C(C)C)n2)cc1. The van der Waals surface area contributed by atoms with Crippen LogP contribution in [0.5, 0.6) is 5.75 Å². The van der Waals surface area contributed by atoms with Crippen LogP contribution in [-0.4, -0.2) is 36.0 Å². The first-order valence-electron chi connectivity index (χ1n) is 8.92. The van der Waals surface area contributed by atoms with Gasteiger partial charge in [0.05, 0.1) is 24.9 Å². The van der Waals surface area contributed by atoms with Crippen molar-refractivity contribution in [1.82, 2.24) is 10.3 Å². The molecule has 0 aliphatic heterocycles. The van der Waals surface area contributed by atoms with Crippen LogP contribution in [0.2, 0.25) is 0 Å². The van der Waals surface area contributed by atoms with Gasteiger partial charge in [-0.2, -0.15) is 0 Å². The van der Waals surface area contributed by atoms with E-state index in [0.717, 1.165) is 23.4 Å². The molecule has 2 amide bonds. The van der Waals surface area contributed by atoms with Crippen LogP contribution in [-0.2, 0) is 9.59 Å². The first-order valence-corrected chi connectivity index (χ1v) is 9.80. The average molecular weight is 391 g/mol. The van der Waals surface area contributed by atoms with E-state index in [1.54, 1.807) is 0 Å². The number of anilines is 1. The highest BCUT2D eigenvalue weighted by atomic mass is 32.1. The zero-order chi connectivity index (χ0) is 19.8. The second kappa shape index (κ2) is 10.0. The van der Waals surface area contributed by atoms with E-state index in [4.69, 9.17) is 10.5 Å². The van der Waals surface area contributed by atoms with Crippen molar-refractivity contribution in [3.8, 4) is 17.0 Å². The molecule has 0 fully saturated rings. The molecule has 1 atom stereocenters. The summed E-state index contributed by atoms with van der Waals surface area (Å²) in [5.41, 5.74) is 7.44. The quantitative estimate of drug-likeness (QED) is 0.610. The van der Waals surface area contributed by atoms with E-state index < -0.39 is 6.04 Å². The fourth-order valence-corrected chi connectivity index (χ4v) is 2.89. The summed E-state index contributed by atoms with van der Waals surface area (Å²) in [5.74, 6) is 0.141. The van der Waals surface area contributed by atoms with E-state index in [-0.39, 0.29) is 24.3 Å². The number of rotatable bonds is 9. The molecule has 2 rings (SSSR count). The Bertz CT molecular complexity index is 759. The van der Waals surface area contributed by atoms with Crippen molar-refractivity contribution in [1.29, 1.82) is 0 Å². The Labute approximate surface area is 163 Å². The molecule has 1 heterocycles. The number of hydrogen-bond acceptors (Lipinski definition) is 6. The van der Waals surface area contributed by atoms with Gasteiger partial charge in [-0.25, -0.2) is 4.98 Å². The summed E-state index contributed by atoms with van der Waals surface area (Å²) in [4.78, 5) is 28.2. The Morgan fingerprint density at radius 1 is 1.26 bits per heavy atom. The average Bonchev–Trinajstić information content (AvgIpc) is 3.12. The second-order valence-electron chi connectivity index (χ2n) is 6.45. The molecule has 4 N–H and O–H groups in total. The number of carbonyl (C=O) groups excluding carboxylic acids is 2. The van der Waals surface area contributed by atoms with Crippen LogP contribution in [0.25, 0.3) is 11.3 Å². The Morgan fingerprint density at radius 3 is 2.59 bits per heavy atom. The molecule has 146 valence electrons. The highest BCUT2D eigenvalue weighted by Gasteiger charge is 2.18. The predicted molar refractivity (Wildman–Crippen MR) is 108 cm³/mol. The van der Waals surface area contributed by atoms with Crippen molar-refractivity contribution in [2.24, 2.45) is 11.7 Å². The van der Waals surface area contributed by atoms with E-state index >= 15 is 0 Å². The van der Waals surface area contributed by atoms with Gasteiger partial charge in [0, 0.05) is 10.9 Å². The van der Waals surface area contributed by atoms with E-state index in [0.29, 0.717) is 11.7 Å². The number of carbonyl (C=O) groups is 2. The van der Waals surface area contributed by atoms with Gasteiger partial charge in [0.1, 0.15) is 5.75 Å². The molecule has 8 heteroatoms. The van der Waals surface area contributed by atoms with E-state index in [2.05, 4.69) is 22.5 Å². The fourth-order valence-electron chi connectivity index (χ4n) is 2.16. The minimum atomic E-state index is -0.631. The van der Waals surface area contributed by atoms with E-state index in [9.17, 15) is 9.59 Å². The Balaban J connectivity index is 1.88. The van der Waals surface area contributed by atoms with Crippen LogP contribution in [0.15, 0.2) is 29.6 Å². The van der Waals surface area contributed by atoms with Crippen LogP contribution in [0.4, 0.5) is 5.13 Å². The van der Waals surface area contributed by atoms with Crippen molar-refractivity contribution in [2.75, 3.05) is 18.5 Å². The zero-order valence-corrected chi connectivity index (χ0v) is 16.6. The Hall–Kier alpha value is -2.45. The van der Waals surface area contributed by atoms with Crippen molar-refractivity contribution >= 4 is 28.3 Å². The smallest absolute Gasteiger partial charge is 0.245 e. The number of nitrogens with one attached hydrogen (secondary N) is 2. The minimum absolute atomic E-state index is 0.00773. The van der Waals surface area contributed by atoms with Gasteiger partial charge in [-0.1, -0.05) is 20.8 Å². The number of hydrogen-bond donors (Lipinski definition) is 3. The van der Waals surface area contributed by atoms with Crippen molar-refractivity contribution in [3.63, 3.8) is 0 Å². The van der Waals surface area contributed by atoms with Crippen molar-refractivity contribution < 1.29 is 14.3 Å². The van der Waals surface area contributed by atoms with E-state index in [1.807, 2.05) is 43.5 Å². The normalized spacial score (nSPS) is 11.9. The molecule has 1 aromatic heterocycles. The molecular formula is C19H26N4O3S.